The van der Waals surface area contributed by atoms with Gasteiger partial charge in [0.15, 0.2) is 9.84 Å². The van der Waals surface area contributed by atoms with Crippen molar-refractivity contribution in [2.24, 2.45) is 0 Å². The molecule has 1 aromatic carbocycles. The van der Waals surface area contributed by atoms with E-state index in [1.54, 1.807) is 12.1 Å². The summed E-state index contributed by atoms with van der Waals surface area (Å²) in [5, 5.41) is 8.60. The molecule has 0 aliphatic carbocycles. The smallest absolute Gasteiger partial charge is 0.304 e. The van der Waals surface area contributed by atoms with E-state index >= 15 is 0 Å². The third-order valence-electron chi connectivity index (χ3n) is 3.22. The third-order valence-corrected chi connectivity index (χ3v) is 4.93. The number of benzene rings is 1. The number of likely N-dealkylation sites (N-methyl/N-ethyl adjacent to an activating group) is 1. The fraction of sp³-hybridized carbons (Fsp3) is 0.462. The zero-order valence-corrected chi connectivity index (χ0v) is 12.0. The predicted octanol–water partition coefficient (Wildman–Crippen LogP) is 1.15. The molecule has 20 heavy (non-hydrogen) atoms. The fourth-order valence-electron chi connectivity index (χ4n) is 2.11. The van der Waals surface area contributed by atoms with Crippen molar-refractivity contribution >= 4 is 21.5 Å². The Kier molecular flexibility index (Phi) is 4.17. The Bertz CT molecular complexity index is 611. The van der Waals surface area contributed by atoms with Gasteiger partial charge < -0.3 is 14.7 Å². The molecule has 0 spiro atoms. The number of ether oxygens (including phenoxy) is 1. The van der Waals surface area contributed by atoms with Gasteiger partial charge in [-0.2, -0.15) is 0 Å². The number of fused-ring (bicyclic) bond motifs is 1. The first kappa shape index (κ1) is 14.6. The second kappa shape index (κ2) is 5.70. The molecule has 0 fully saturated rings. The molecule has 1 N–H and O–H groups in total. The normalized spacial score (nSPS) is 14.6. The van der Waals surface area contributed by atoms with Crippen LogP contribution in [0, 0.1) is 0 Å². The molecule has 0 saturated carbocycles. The van der Waals surface area contributed by atoms with Crippen LogP contribution >= 0.6 is 0 Å². The number of hydrogen-bond donors (Lipinski definition) is 1. The number of rotatable bonds is 5. The molecule has 1 aromatic rings. The van der Waals surface area contributed by atoms with Crippen molar-refractivity contribution in [3.8, 4) is 5.75 Å². The average molecular weight is 299 g/mol. The molecule has 0 atom stereocenters. The lowest BCUT2D eigenvalue weighted by atomic mass is 10.2. The van der Waals surface area contributed by atoms with Crippen LogP contribution in [-0.2, 0) is 14.6 Å². The number of nitrogens with zero attached hydrogens (tertiary/aromatic N) is 1. The molecule has 1 aliphatic heterocycles. The Hall–Kier alpha value is -1.76. The van der Waals surface area contributed by atoms with Gasteiger partial charge in [-0.1, -0.05) is 0 Å². The zero-order chi connectivity index (χ0) is 14.8. The summed E-state index contributed by atoms with van der Waals surface area (Å²) in [5.74, 6) is -0.853. The second-order valence-corrected chi connectivity index (χ2v) is 6.63. The quantitative estimate of drug-likeness (QED) is 0.878. The molecule has 1 aliphatic rings. The minimum Gasteiger partial charge on any atom is -0.490 e. The maximum atomic E-state index is 12.1. The first-order valence-corrected chi connectivity index (χ1v) is 8.05. The van der Waals surface area contributed by atoms with Gasteiger partial charge in [-0.05, 0) is 25.1 Å². The Labute approximate surface area is 117 Å². The van der Waals surface area contributed by atoms with Gasteiger partial charge in [0.25, 0.3) is 0 Å². The number of carboxylic acid groups (broad SMARTS) is 1. The van der Waals surface area contributed by atoms with Crippen LogP contribution in [0.2, 0.25) is 0 Å². The Morgan fingerprint density at radius 2 is 2.20 bits per heavy atom. The van der Waals surface area contributed by atoms with E-state index in [4.69, 9.17) is 9.84 Å². The summed E-state index contributed by atoms with van der Waals surface area (Å²) in [6.07, 6.45) is -0.395. The van der Waals surface area contributed by atoms with Crippen LogP contribution in [0.15, 0.2) is 23.1 Å². The lowest BCUT2D eigenvalue weighted by Gasteiger charge is -2.30. The molecule has 0 bridgehead atoms. The standard InChI is InChI=1S/C13H17NO5S/c1-2-14-6-7-19-12-4-3-10(9-11(12)14)20(17,18)8-5-13(15)16/h3-4,9H,2,5-8H2,1H3,(H,15,16). The maximum absolute atomic E-state index is 12.1. The van der Waals surface area contributed by atoms with Gasteiger partial charge in [-0.25, -0.2) is 8.42 Å². The van der Waals surface area contributed by atoms with Crippen LogP contribution in [0.1, 0.15) is 13.3 Å². The van der Waals surface area contributed by atoms with Crippen LogP contribution in [0.3, 0.4) is 0 Å². The summed E-state index contributed by atoms with van der Waals surface area (Å²) in [5.41, 5.74) is 0.746. The van der Waals surface area contributed by atoms with Crippen molar-refractivity contribution in [2.45, 2.75) is 18.2 Å². The summed E-state index contributed by atoms with van der Waals surface area (Å²) in [4.78, 5) is 12.7. The van der Waals surface area contributed by atoms with Gasteiger partial charge in [0.1, 0.15) is 12.4 Å². The molecule has 0 unspecified atom stereocenters. The SMILES string of the molecule is CCN1CCOc2ccc(S(=O)(=O)CCC(=O)O)cc21. The highest BCUT2D eigenvalue weighted by Gasteiger charge is 2.22. The first-order chi connectivity index (χ1) is 9.44. The highest BCUT2D eigenvalue weighted by atomic mass is 32.2. The summed E-state index contributed by atoms with van der Waals surface area (Å²) in [7, 11) is -3.58. The monoisotopic (exact) mass is 299 g/mol. The molecule has 0 saturated heterocycles. The number of carbonyl (C=O) groups is 1. The van der Waals surface area contributed by atoms with Crippen LogP contribution in [0.5, 0.6) is 5.75 Å². The highest BCUT2D eigenvalue weighted by molar-refractivity contribution is 7.91. The zero-order valence-electron chi connectivity index (χ0n) is 11.2. The minimum absolute atomic E-state index is 0.140. The molecule has 0 aromatic heterocycles. The lowest BCUT2D eigenvalue weighted by molar-refractivity contribution is -0.136. The van der Waals surface area contributed by atoms with Crippen molar-refractivity contribution in [3.63, 3.8) is 0 Å². The van der Waals surface area contributed by atoms with Gasteiger partial charge >= 0.3 is 5.97 Å². The third kappa shape index (κ3) is 3.04. The highest BCUT2D eigenvalue weighted by Crippen LogP contribution is 2.33. The predicted molar refractivity (Wildman–Crippen MR) is 74.1 cm³/mol. The van der Waals surface area contributed by atoms with E-state index < -0.39 is 28.0 Å². The average Bonchev–Trinajstić information content (AvgIpc) is 2.44. The van der Waals surface area contributed by atoms with E-state index in [1.165, 1.54) is 6.07 Å². The van der Waals surface area contributed by atoms with E-state index in [1.807, 2.05) is 11.8 Å². The number of aliphatic carboxylic acids is 1. The number of hydrogen-bond acceptors (Lipinski definition) is 5. The van der Waals surface area contributed by atoms with Gasteiger partial charge in [-0.3, -0.25) is 4.79 Å². The summed E-state index contributed by atoms with van der Waals surface area (Å²) in [6.45, 7) is 4.03. The van der Waals surface area contributed by atoms with Crippen molar-refractivity contribution in [2.75, 3.05) is 30.3 Å². The van der Waals surface area contributed by atoms with Crippen LogP contribution in [0.4, 0.5) is 5.69 Å². The van der Waals surface area contributed by atoms with Crippen molar-refractivity contribution in [1.29, 1.82) is 0 Å². The van der Waals surface area contributed by atoms with Crippen LogP contribution in [-0.4, -0.2) is 44.9 Å². The summed E-state index contributed by atoms with van der Waals surface area (Å²) < 4.78 is 29.7. The van der Waals surface area contributed by atoms with Crippen molar-refractivity contribution in [3.05, 3.63) is 18.2 Å². The first-order valence-electron chi connectivity index (χ1n) is 6.40. The largest absolute Gasteiger partial charge is 0.490 e. The molecular formula is C13H17NO5S. The Morgan fingerprint density at radius 3 is 2.85 bits per heavy atom. The van der Waals surface area contributed by atoms with Gasteiger partial charge in [0.2, 0.25) is 0 Å². The van der Waals surface area contributed by atoms with Gasteiger partial charge in [-0.15, -0.1) is 0 Å². The van der Waals surface area contributed by atoms with Crippen molar-refractivity contribution < 1.29 is 23.1 Å². The molecule has 1 heterocycles. The lowest BCUT2D eigenvalue weighted by Crippen LogP contribution is -2.32. The topological polar surface area (TPSA) is 83.9 Å². The maximum Gasteiger partial charge on any atom is 0.304 e. The molecule has 7 heteroatoms. The Morgan fingerprint density at radius 1 is 1.45 bits per heavy atom. The molecule has 0 radical (unpaired) electrons. The number of anilines is 1. The van der Waals surface area contributed by atoms with E-state index in [0.29, 0.717) is 18.9 Å². The van der Waals surface area contributed by atoms with E-state index in [2.05, 4.69) is 0 Å². The second-order valence-electron chi connectivity index (χ2n) is 4.52. The van der Waals surface area contributed by atoms with Crippen molar-refractivity contribution in [1.82, 2.24) is 0 Å². The molecule has 6 nitrogen and oxygen atoms in total. The number of sulfone groups is 1. The molecule has 2 rings (SSSR count). The summed E-state index contributed by atoms with van der Waals surface area (Å²) >= 11 is 0. The fourth-order valence-corrected chi connectivity index (χ4v) is 3.36. The van der Waals surface area contributed by atoms with Crippen LogP contribution in [0.25, 0.3) is 0 Å². The summed E-state index contributed by atoms with van der Waals surface area (Å²) in [6, 6.07) is 4.66. The molecule has 110 valence electrons. The number of carboxylic acids is 1. The van der Waals surface area contributed by atoms with Crippen LogP contribution < -0.4 is 9.64 Å². The minimum atomic E-state index is -3.58. The molecule has 0 amide bonds. The van der Waals surface area contributed by atoms with Gasteiger partial charge in [0, 0.05) is 6.54 Å². The van der Waals surface area contributed by atoms with E-state index in [0.717, 1.165) is 12.2 Å². The van der Waals surface area contributed by atoms with E-state index in [-0.39, 0.29) is 4.90 Å². The van der Waals surface area contributed by atoms with E-state index in [9.17, 15) is 13.2 Å². The van der Waals surface area contributed by atoms with Gasteiger partial charge in [0.05, 0.1) is 29.3 Å². The molecular weight excluding hydrogens is 282 g/mol. The Balaban J connectivity index is 2.32.